The Morgan fingerprint density at radius 1 is 1.19 bits per heavy atom. The summed E-state index contributed by atoms with van der Waals surface area (Å²) in [5.74, 6) is 1.68. The fourth-order valence-corrected chi connectivity index (χ4v) is 5.09. The third kappa shape index (κ3) is 5.26. The average molecular weight is 380 g/mol. The van der Waals surface area contributed by atoms with E-state index in [1.54, 1.807) is 0 Å². The Labute approximate surface area is 164 Å². The van der Waals surface area contributed by atoms with E-state index in [1.165, 1.54) is 38.5 Å². The molecule has 0 aromatic rings. The Hall–Kier alpha value is -1.07. The average Bonchev–Trinajstić information content (AvgIpc) is 2.73. The van der Waals surface area contributed by atoms with E-state index in [4.69, 9.17) is 9.47 Å². The Balaban J connectivity index is 1.82. The van der Waals surface area contributed by atoms with E-state index in [2.05, 4.69) is 6.08 Å². The number of rotatable bonds is 7. The molecule has 5 nitrogen and oxygen atoms in total. The van der Waals surface area contributed by atoms with Gasteiger partial charge >= 0.3 is 0 Å². The molecule has 0 aromatic heterocycles. The summed E-state index contributed by atoms with van der Waals surface area (Å²) >= 11 is 0. The molecule has 3 aliphatic rings. The van der Waals surface area contributed by atoms with Gasteiger partial charge in [-0.25, -0.2) is 0 Å². The van der Waals surface area contributed by atoms with Gasteiger partial charge in [0.25, 0.3) is 5.91 Å². The number of carbonyl (C=O) groups excluding carboxylic acids is 1. The van der Waals surface area contributed by atoms with Crippen LogP contribution in [0.2, 0.25) is 0 Å². The molecule has 0 bridgehead atoms. The predicted molar refractivity (Wildman–Crippen MR) is 105 cm³/mol. The molecule has 1 saturated heterocycles. The van der Waals surface area contributed by atoms with Crippen LogP contribution in [-0.2, 0) is 14.3 Å². The van der Waals surface area contributed by atoms with E-state index in [1.807, 2.05) is 11.8 Å². The van der Waals surface area contributed by atoms with Crippen LogP contribution in [0.3, 0.4) is 0 Å². The largest absolute Gasteiger partial charge is 0.459 e. The Morgan fingerprint density at radius 2 is 1.89 bits per heavy atom. The monoisotopic (exact) mass is 379 g/mol. The van der Waals surface area contributed by atoms with Crippen molar-refractivity contribution >= 4 is 5.91 Å². The number of ether oxygens (including phenoxy) is 2. The van der Waals surface area contributed by atoms with E-state index in [9.17, 15) is 9.90 Å². The first-order chi connectivity index (χ1) is 13.2. The van der Waals surface area contributed by atoms with Gasteiger partial charge < -0.3 is 19.5 Å². The molecule has 1 N–H and O–H groups in total. The molecule has 154 valence electrons. The molecule has 1 aliphatic carbocycles. The second-order valence-electron chi connectivity index (χ2n) is 8.33. The van der Waals surface area contributed by atoms with Crippen LogP contribution in [-0.4, -0.2) is 48.5 Å². The molecule has 0 unspecified atom stereocenters. The van der Waals surface area contributed by atoms with Crippen LogP contribution in [0.1, 0.15) is 71.1 Å². The molecule has 2 fully saturated rings. The van der Waals surface area contributed by atoms with Gasteiger partial charge in [0, 0.05) is 32.2 Å². The molecular weight excluding hydrogens is 342 g/mol. The Bertz CT molecular complexity index is 495. The highest BCUT2D eigenvalue weighted by Gasteiger charge is 2.41. The van der Waals surface area contributed by atoms with E-state index in [-0.39, 0.29) is 24.7 Å². The van der Waals surface area contributed by atoms with Crippen LogP contribution < -0.4 is 0 Å². The highest BCUT2D eigenvalue weighted by molar-refractivity contribution is 5.91. The van der Waals surface area contributed by atoms with Crippen molar-refractivity contribution in [2.24, 2.45) is 17.8 Å². The third-order valence-corrected chi connectivity index (χ3v) is 6.51. The molecule has 3 atom stereocenters. The van der Waals surface area contributed by atoms with Gasteiger partial charge in [-0.05, 0) is 69.8 Å². The van der Waals surface area contributed by atoms with Crippen molar-refractivity contribution < 1.29 is 19.4 Å². The molecule has 2 aliphatic heterocycles. The van der Waals surface area contributed by atoms with Crippen molar-refractivity contribution in [3.63, 3.8) is 0 Å². The van der Waals surface area contributed by atoms with Crippen LogP contribution in [0.25, 0.3) is 0 Å². The molecule has 2 heterocycles. The zero-order valence-electron chi connectivity index (χ0n) is 16.9. The SMILES string of the molecule is CCO[C@H]1OC(C(=O)N2CCCCC2)=C[C@@H](C2CCCCC2)[C@H]1CCCO. The number of nitrogens with zero attached hydrogens (tertiary/aromatic N) is 1. The Morgan fingerprint density at radius 3 is 2.56 bits per heavy atom. The summed E-state index contributed by atoms with van der Waals surface area (Å²) in [6, 6.07) is 0. The first kappa shape index (κ1) is 20.7. The highest BCUT2D eigenvalue weighted by Crippen LogP contribution is 2.42. The van der Waals surface area contributed by atoms with Crippen molar-refractivity contribution in [3.05, 3.63) is 11.8 Å². The van der Waals surface area contributed by atoms with Crippen LogP contribution in [0, 0.1) is 17.8 Å². The molecule has 27 heavy (non-hydrogen) atoms. The number of likely N-dealkylation sites (tertiary alicyclic amines) is 1. The fourth-order valence-electron chi connectivity index (χ4n) is 5.09. The smallest absolute Gasteiger partial charge is 0.288 e. The second-order valence-corrected chi connectivity index (χ2v) is 8.33. The predicted octanol–water partition coefficient (Wildman–Crippen LogP) is 3.86. The zero-order valence-corrected chi connectivity index (χ0v) is 16.9. The number of allylic oxidation sites excluding steroid dienone is 1. The minimum absolute atomic E-state index is 0.0424. The van der Waals surface area contributed by atoms with E-state index in [0.29, 0.717) is 24.2 Å². The minimum atomic E-state index is -0.373. The summed E-state index contributed by atoms with van der Waals surface area (Å²) in [5.41, 5.74) is 0. The summed E-state index contributed by atoms with van der Waals surface area (Å²) in [4.78, 5) is 15.0. The van der Waals surface area contributed by atoms with Crippen molar-refractivity contribution in [1.29, 1.82) is 0 Å². The number of amides is 1. The maximum absolute atomic E-state index is 13.1. The lowest BCUT2D eigenvalue weighted by Crippen LogP contribution is -2.44. The van der Waals surface area contributed by atoms with Gasteiger partial charge in [-0.3, -0.25) is 4.79 Å². The molecule has 0 spiro atoms. The maximum Gasteiger partial charge on any atom is 0.288 e. The maximum atomic E-state index is 13.1. The molecular formula is C22H37NO4. The lowest BCUT2D eigenvalue weighted by atomic mass is 9.71. The lowest BCUT2D eigenvalue weighted by Gasteiger charge is -2.42. The van der Waals surface area contributed by atoms with Gasteiger partial charge in [-0.2, -0.15) is 0 Å². The normalized spacial score (nSPS) is 29.9. The summed E-state index contributed by atoms with van der Waals surface area (Å²) in [6.07, 6.45) is 13.1. The number of carbonyl (C=O) groups is 1. The van der Waals surface area contributed by atoms with Gasteiger partial charge in [0.1, 0.15) is 0 Å². The van der Waals surface area contributed by atoms with Gasteiger partial charge in [0.15, 0.2) is 5.76 Å². The number of piperidine rings is 1. The summed E-state index contributed by atoms with van der Waals surface area (Å²) in [7, 11) is 0. The first-order valence-electron chi connectivity index (χ1n) is 11.1. The van der Waals surface area contributed by atoms with Crippen molar-refractivity contribution in [3.8, 4) is 0 Å². The highest BCUT2D eigenvalue weighted by atomic mass is 16.7. The molecule has 1 saturated carbocycles. The molecule has 3 rings (SSSR count). The third-order valence-electron chi connectivity index (χ3n) is 6.51. The number of aliphatic hydroxyl groups is 1. The van der Waals surface area contributed by atoms with Crippen LogP contribution >= 0.6 is 0 Å². The van der Waals surface area contributed by atoms with Gasteiger partial charge in [0.05, 0.1) is 0 Å². The molecule has 5 heteroatoms. The van der Waals surface area contributed by atoms with E-state index in [0.717, 1.165) is 38.8 Å². The first-order valence-corrected chi connectivity index (χ1v) is 11.1. The second kappa shape index (κ2) is 10.5. The van der Waals surface area contributed by atoms with Gasteiger partial charge in [0.2, 0.25) is 6.29 Å². The van der Waals surface area contributed by atoms with Gasteiger partial charge in [-0.15, -0.1) is 0 Å². The molecule has 1 amide bonds. The number of hydrogen-bond acceptors (Lipinski definition) is 4. The summed E-state index contributed by atoms with van der Waals surface area (Å²) in [5, 5.41) is 9.36. The minimum Gasteiger partial charge on any atom is -0.459 e. The quantitative estimate of drug-likeness (QED) is 0.730. The van der Waals surface area contributed by atoms with Crippen LogP contribution in [0.4, 0.5) is 0 Å². The molecule has 0 radical (unpaired) electrons. The van der Waals surface area contributed by atoms with Crippen molar-refractivity contribution in [2.75, 3.05) is 26.3 Å². The number of aliphatic hydroxyl groups excluding tert-OH is 1. The fraction of sp³-hybridized carbons (Fsp3) is 0.864. The van der Waals surface area contributed by atoms with Crippen molar-refractivity contribution in [2.45, 2.75) is 77.4 Å². The lowest BCUT2D eigenvalue weighted by molar-refractivity contribution is -0.180. The topological polar surface area (TPSA) is 59.0 Å². The summed E-state index contributed by atoms with van der Waals surface area (Å²) in [6.45, 7) is 4.41. The van der Waals surface area contributed by atoms with Crippen molar-refractivity contribution in [1.82, 2.24) is 4.90 Å². The summed E-state index contributed by atoms with van der Waals surface area (Å²) < 4.78 is 12.1. The van der Waals surface area contributed by atoms with Crippen LogP contribution in [0.15, 0.2) is 11.8 Å². The standard InChI is InChI=1S/C22H37NO4/c1-2-26-22-18(12-9-15-24)19(17-10-5-3-6-11-17)16-20(27-22)21(25)23-13-7-4-8-14-23/h16-19,22,24H,2-15H2,1H3/t18-,19+,22+/m1/s1. The zero-order chi connectivity index (χ0) is 19.1. The van der Waals surface area contributed by atoms with Crippen LogP contribution in [0.5, 0.6) is 0 Å². The van der Waals surface area contributed by atoms with Gasteiger partial charge in [-0.1, -0.05) is 19.3 Å². The Kier molecular flexibility index (Phi) is 8.01. The van der Waals surface area contributed by atoms with E-state index < -0.39 is 0 Å². The molecule has 0 aromatic carbocycles. The van der Waals surface area contributed by atoms with E-state index >= 15 is 0 Å². The number of hydrogen-bond donors (Lipinski definition) is 1.